The van der Waals surface area contributed by atoms with Crippen molar-refractivity contribution < 1.29 is 24.6 Å². The van der Waals surface area contributed by atoms with Gasteiger partial charge in [-0.3, -0.25) is 14.4 Å². The van der Waals surface area contributed by atoms with Crippen molar-refractivity contribution in [1.29, 1.82) is 0 Å². The number of rotatable bonds is 14. The van der Waals surface area contributed by atoms with Gasteiger partial charge in [0.1, 0.15) is 11.6 Å². The minimum absolute atomic E-state index is 0.0615. The number of hydrogen-bond donors (Lipinski definition) is 2. The molecular weight excluding hydrogens is 428 g/mol. The SMILES string of the molecule is CC(C)(CO)CCCC1CCCC(CCCC2CCCC(CCCC(C)(C)C(=O)O)C2=O)C1=O. The number of ketones is 2. The van der Waals surface area contributed by atoms with Crippen molar-refractivity contribution >= 4 is 17.5 Å². The molecule has 2 N–H and O–H groups in total. The summed E-state index contributed by atoms with van der Waals surface area (Å²) in [6.07, 6.45) is 14.0. The summed E-state index contributed by atoms with van der Waals surface area (Å²) in [6, 6.07) is 0. The Morgan fingerprint density at radius 1 is 0.735 bits per heavy atom. The highest BCUT2D eigenvalue weighted by atomic mass is 16.4. The van der Waals surface area contributed by atoms with E-state index in [0.29, 0.717) is 18.0 Å². The first-order valence-corrected chi connectivity index (χ1v) is 13.9. The molecule has 2 aliphatic carbocycles. The molecule has 4 atom stereocenters. The molecular formula is C29H50O5. The maximum absolute atomic E-state index is 13.0. The maximum atomic E-state index is 13.0. The van der Waals surface area contributed by atoms with Gasteiger partial charge in [-0.15, -0.1) is 0 Å². The summed E-state index contributed by atoms with van der Waals surface area (Å²) in [5.74, 6) is 0.629. The number of aliphatic hydroxyl groups is 1. The minimum Gasteiger partial charge on any atom is -0.481 e. The van der Waals surface area contributed by atoms with E-state index in [1.807, 2.05) is 0 Å². The summed E-state index contributed by atoms with van der Waals surface area (Å²) in [4.78, 5) is 37.4. The monoisotopic (exact) mass is 478 g/mol. The average molecular weight is 479 g/mol. The molecule has 34 heavy (non-hydrogen) atoms. The van der Waals surface area contributed by atoms with Crippen molar-refractivity contribution in [2.75, 3.05) is 6.61 Å². The van der Waals surface area contributed by atoms with E-state index in [0.717, 1.165) is 89.9 Å². The molecule has 2 fully saturated rings. The second-order valence-corrected chi connectivity index (χ2v) is 12.7. The van der Waals surface area contributed by atoms with Crippen molar-refractivity contribution in [3.8, 4) is 0 Å². The van der Waals surface area contributed by atoms with Crippen LogP contribution in [0.4, 0.5) is 0 Å². The molecule has 0 saturated heterocycles. The van der Waals surface area contributed by atoms with Crippen LogP contribution in [0, 0.1) is 34.5 Å². The fourth-order valence-corrected chi connectivity index (χ4v) is 6.02. The molecule has 2 rings (SSSR count). The summed E-state index contributed by atoms with van der Waals surface area (Å²) in [5.41, 5.74) is -0.787. The van der Waals surface area contributed by atoms with Crippen LogP contribution in [0.3, 0.4) is 0 Å². The standard InChI is InChI=1S/C29H50O5/c1-28(2,20-30)18-8-16-23-14-6-12-21(25(23)31)10-5-11-22-13-7-15-24(26(22)32)17-9-19-29(3,4)27(33)34/h21-24,30H,5-20H2,1-4H3,(H,33,34). The van der Waals surface area contributed by atoms with Crippen molar-refractivity contribution in [1.82, 2.24) is 0 Å². The first kappa shape index (κ1) is 29.0. The van der Waals surface area contributed by atoms with Gasteiger partial charge in [0.05, 0.1) is 5.41 Å². The van der Waals surface area contributed by atoms with E-state index in [-0.39, 0.29) is 35.7 Å². The molecule has 0 radical (unpaired) electrons. The first-order chi connectivity index (χ1) is 16.0. The number of carbonyl (C=O) groups is 3. The quantitative estimate of drug-likeness (QED) is 0.293. The molecule has 0 bridgehead atoms. The van der Waals surface area contributed by atoms with Crippen molar-refractivity contribution in [3.63, 3.8) is 0 Å². The Hall–Kier alpha value is -1.23. The molecule has 4 unspecified atom stereocenters. The van der Waals surface area contributed by atoms with E-state index in [2.05, 4.69) is 13.8 Å². The molecule has 0 spiro atoms. The van der Waals surface area contributed by atoms with E-state index >= 15 is 0 Å². The predicted octanol–water partition coefficient (Wildman–Crippen LogP) is 6.60. The van der Waals surface area contributed by atoms with Crippen LogP contribution >= 0.6 is 0 Å². The third-order valence-electron chi connectivity index (χ3n) is 8.69. The fraction of sp³-hybridized carbons (Fsp3) is 0.897. The highest BCUT2D eigenvalue weighted by Crippen LogP contribution is 2.36. The normalized spacial score (nSPS) is 26.6. The lowest BCUT2D eigenvalue weighted by molar-refractivity contribution is -0.147. The Morgan fingerprint density at radius 2 is 1.12 bits per heavy atom. The summed E-state index contributed by atoms with van der Waals surface area (Å²) in [7, 11) is 0. The summed E-state index contributed by atoms with van der Waals surface area (Å²) in [5, 5.41) is 18.7. The Labute approximate surface area is 207 Å². The molecule has 2 saturated carbocycles. The van der Waals surface area contributed by atoms with Crippen LogP contribution in [0.2, 0.25) is 0 Å². The van der Waals surface area contributed by atoms with Gasteiger partial charge in [-0.05, 0) is 83.5 Å². The van der Waals surface area contributed by atoms with Gasteiger partial charge in [-0.1, -0.05) is 46.0 Å². The van der Waals surface area contributed by atoms with Crippen LogP contribution < -0.4 is 0 Å². The van der Waals surface area contributed by atoms with Gasteiger partial charge in [-0.2, -0.15) is 0 Å². The van der Waals surface area contributed by atoms with Gasteiger partial charge in [0.2, 0.25) is 0 Å². The number of Topliss-reactive ketones (excluding diaryl/α,β-unsaturated/α-hetero) is 2. The van der Waals surface area contributed by atoms with E-state index in [1.54, 1.807) is 13.8 Å². The summed E-state index contributed by atoms with van der Waals surface area (Å²) in [6.45, 7) is 7.86. The van der Waals surface area contributed by atoms with Crippen molar-refractivity contribution in [2.24, 2.45) is 34.5 Å². The van der Waals surface area contributed by atoms with E-state index < -0.39 is 11.4 Å². The zero-order chi connectivity index (χ0) is 25.4. The van der Waals surface area contributed by atoms with Crippen molar-refractivity contribution in [3.05, 3.63) is 0 Å². The van der Waals surface area contributed by atoms with Gasteiger partial charge >= 0.3 is 5.97 Å². The van der Waals surface area contributed by atoms with Crippen LogP contribution in [0.1, 0.15) is 124 Å². The second-order valence-electron chi connectivity index (χ2n) is 12.7. The zero-order valence-corrected chi connectivity index (χ0v) is 22.2. The largest absolute Gasteiger partial charge is 0.481 e. The van der Waals surface area contributed by atoms with Gasteiger partial charge in [0.15, 0.2) is 0 Å². The lowest BCUT2D eigenvalue weighted by atomic mass is 9.73. The molecule has 0 aromatic rings. The highest BCUT2D eigenvalue weighted by molar-refractivity contribution is 5.84. The number of carboxylic acid groups (broad SMARTS) is 1. The first-order valence-electron chi connectivity index (χ1n) is 13.9. The molecule has 2 aliphatic rings. The fourth-order valence-electron chi connectivity index (χ4n) is 6.02. The number of aliphatic carboxylic acids is 1. The molecule has 0 heterocycles. The van der Waals surface area contributed by atoms with E-state index in [1.165, 1.54) is 0 Å². The van der Waals surface area contributed by atoms with Gasteiger partial charge in [-0.25, -0.2) is 0 Å². The molecule has 0 aliphatic heterocycles. The zero-order valence-electron chi connectivity index (χ0n) is 22.2. The molecule has 5 heteroatoms. The van der Waals surface area contributed by atoms with Crippen LogP contribution in [0.5, 0.6) is 0 Å². The topological polar surface area (TPSA) is 91.7 Å². The van der Waals surface area contributed by atoms with Crippen LogP contribution in [-0.4, -0.2) is 34.4 Å². The number of hydrogen-bond acceptors (Lipinski definition) is 4. The Balaban J connectivity index is 1.73. The average Bonchev–Trinajstić information content (AvgIpc) is 2.78. The maximum Gasteiger partial charge on any atom is 0.309 e. The minimum atomic E-state index is -0.770. The highest BCUT2D eigenvalue weighted by Gasteiger charge is 2.34. The molecule has 0 amide bonds. The molecule has 196 valence electrons. The number of carboxylic acids is 1. The second kappa shape index (κ2) is 13.2. The third-order valence-corrected chi connectivity index (χ3v) is 8.69. The van der Waals surface area contributed by atoms with Crippen molar-refractivity contribution in [2.45, 2.75) is 124 Å². The van der Waals surface area contributed by atoms with Crippen LogP contribution in [-0.2, 0) is 14.4 Å². The summed E-state index contributed by atoms with van der Waals surface area (Å²) >= 11 is 0. The summed E-state index contributed by atoms with van der Waals surface area (Å²) < 4.78 is 0. The lowest BCUT2D eigenvalue weighted by Crippen LogP contribution is -2.31. The smallest absolute Gasteiger partial charge is 0.309 e. The molecule has 0 aromatic carbocycles. The predicted molar refractivity (Wildman–Crippen MR) is 136 cm³/mol. The van der Waals surface area contributed by atoms with Gasteiger partial charge in [0, 0.05) is 30.3 Å². The Morgan fingerprint density at radius 3 is 1.50 bits per heavy atom. The Kier molecular flexibility index (Phi) is 11.2. The van der Waals surface area contributed by atoms with Gasteiger partial charge < -0.3 is 10.2 Å². The third kappa shape index (κ3) is 8.77. The van der Waals surface area contributed by atoms with E-state index in [4.69, 9.17) is 0 Å². The van der Waals surface area contributed by atoms with E-state index in [9.17, 15) is 24.6 Å². The Bertz CT molecular complexity index is 680. The number of carbonyl (C=O) groups excluding carboxylic acids is 2. The van der Waals surface area contributed by atoms with Crippen LogP contribution in [0.25, 0.3) is 0 Å². The molecule has 5 nitrogen and oxygen atoms in total. The molecule has 0 aromatic heterocycles. The van der Waals surface area contributed by atoms with Gasteiger partial charge in [0.25, 0.3) is 0 Å². The lowest BCUT2D eigenvalue weighted by Gasteiger charge is -2.31. The van der Waals surface area contributed by atoms with Crippen LogP contribution in [0.15, 0.2) is 0 Å². The number of aliphatic hydroxyl groups excluding tert-OH is 1.